The van der Waals surface area contributed by atoms with Gasteiger partial charge in [0, 0.05) is 4.88 Å². The van der Waals surface area contributed by atoms with Crippen LogP contribution in [0.1, 0.15) is 35.5 Å². The fraction of sp³-hybridized carbons (Fsp3) is 0.500. The predicted octanol–water partition coefficient (Wildman–Crippen LogP) is 2.99. The molecule has 2 aromatic heterocycles. The molecule has 1 aliphatic carbocycles. The van der Waals surface area contributed by atoms with Gasteiger partial charge in [-0.05, 0) is 31.2 Å². The number of nitrogens with one attached hydrogen (secondary N) is 1. The summed E-state index contributed by atoms with van der Waals surface area (Å²) in [7, 11) is 0. The minimum Gasteiger partial charge on any atom is -0.309 e. The van der Waals surface area contributed by atoms with Crippen LogP contribution in [0, 0.1) is 0 Å². The zero-order chi connectivity index (χ0) is 11.8. The van der Waals surface area contributed by atoms with E-state index in [9.17, 15) is 4.79 Å². The number of alkyl halides is 1. The molecule has 1 aliphatic rings. The van der Waals surface area contributed by atoms with E-state index in [1.54, 1.807) is 11.3 Å². The summed E-state index contributed by atoms with van der Waals surface area (Å²) in [5, 5.41) is 0.806. The lowest BCUT2D eigenvalue weighted by Gasteiger charge is -1.98. The lowest BCUT2D eigenvalue weighted by atomic mass is 10.1. The molecule has 0 saturated carbocycles. The Morgan fingerprint density at radius 2 is 2.12 bits per heavy atom. The minimum absolute atomic E-state index is 0.0231. The molecular weight excluding hydrogens is 256 g/mol. The Morgan fingerprint density at radius 1 is 1.29 bits per heavy atom. The normalized spacial score (nSPS) is 15.8. The fourth-order valence-electron chi connectivity index (χ4n) is 2.45. The highest BCUT2D eigenvalue weighted by Gasteiger charge is 2.18. The maximum absolute atomic E-state index is 12.1. The number of fused-ring (bicyclic) bond motifs is 3. The molecule has 0 spiro atoms. The molecule has 1 N–H and O–H groups in total. The van der Waals surface area contributed by atoms with Crippen LogP contribution < -0.4 is 5.56 Å². The van der Waals surface area contributed by atoms with Crippen LogP contribution in [-0.2, 0) is 18.7 Å². The summed E-state index contributed by atoms with van der Waals surface area (Å²) in [4.78, 5) is 21.4. The summed E-state index contributed by atoms with van der Waals surface area (Å²) < 4.78 is 0. The molecule has 0 atom stereocenters. The Balaban J connectivity index is 2.28. The molecule has 0 aromatic carbocycles. The van der Waals surface area contributed by atoms with E-state index in [4.69, 9.17) is 11.6 Å². The van der Waals surface area contributed by atoms with Crippen molar-refractivity contribution in [1.29, 1.82) is 0 Å². The summed E-state index contributed by atoms with van der Waals surface area (Å²) in [6, 6.07) is 0. The first-order valence-corrected chi connectivity index (χ1v) is 7.24. The van der Waals surface area contributed by atoms with Crippen LogP contribution in [0.15, 0.2) is 4.79 Å². The summed E-state index contributed by atoms with van der Waals surface area (Å²) >= 11 is 7.39. The molecule has 0 amide bonds. The molecule has 2 heterocycles. The summed E-state index contributed by atoms with van der Waals surface area (Å²) in [5.74, 6) is 0.828. The van der Waals surface area contributed by atoms with Gasteiger partial charge in [-0.2, -0.15) is 0 Å². The average molecular weight is 269 g/mol. The highest BCUT2D eigenvalue weighted by atomic mass is 35.5. The van der Waals surface area contributed by atoms with E-state index >= 15 is 0 Å². The third-order valence-electron chi connectivity index (χ3n) is 3.25. The van der Waals surface area contributed by atoms with Gasteiger partial charge in [0.05, 0.1) is 11.3 Å². The van der Waals surface area contributed by atoms with Crippen LogP contribution in [0.3, 0.4) is 0 Å². The minimum atomic E-state index is -0.0231. The van der Waals surface area contributed by atoms with Gasteiger partial charge >= 0.3 is 0 Å². The second-order valence-electron chi connectivity index (χ2n) is 4.39. The van der Waals surface area contributed by atoms with Gasteiger partial charge in [0.25, 0.3) is 5.56 Å². The number of hydrogen-bond donors (Lipinski definition) is 1. The second kappa shape index (κ2) is 4.42. The largest absolute Gasteiger partial charge is 0.309 e. The number of hydrogen-bond acceptors (Lipinski definition) is 3. The predicted molar refractivity (Wildman–Crippen MR) is 71.1 cm³/mol. The van der Waals surface area contributed by atoms with E-state index in [0.717, 1.165) is 23.1 Å². The lowest BCUT2D eigenvalue weighted by molar-refractivity contribution is 0.713. The molecule has 0 bridgehead atoms. The van der Waals surface area contributed by atoms with Gasteiger partial charge in [-0.3, -0.25) is 4.79 Å². The van der Waals surface area contributed by atoms with Crippen molar-refractivity contribution < 1.29 is 0 Å². The molecule has 90 valence electrons. The number of aromatic amines is 1. The highest BCUT2D eigenvalue weighted by Crippen LogP contribution is 2.32. The van der Waals surface area contributed by atoms with Crippen molar-refractivity contribution in [2.24, 2.45) is 0 Å². The smallest absolute Gasteiger partial charge is 0.259 e. The van der Waals surface area contributed by atoms with E-state index < -0.39 is 0 Å². The van der Waals surface area contributed by atoms with E-state index in [-0.39, 0.29) is 11.4 Å². The van der Waals surface area contributed by atoms with E-state index in [1.807, 2.05) is 0 Å². The van der Waals surface area contributed by atoms with E-state index in [1.165, 1.54) is 29.7 Å². The number of nitrogens with zero attached hydrogens (tertiary/aromatic N) is 1. The van der Waals surface area contributed by atoms with Gasteiger partial charge in [-0.25, -0.2) is 4.98 Å². The molecule has 5 heteroatoms. The fourth-order valence-corrected chi connectivity index (χ4v) is 3.86. The molecular formula is C12H13ClN2OS. The van der Waals surface area contributed by atoms with Crippen molar-refractivity contribution in [3.63, 3.8) is 0 Å². The first kappa shape index (κ1) is 11.2. The van der Waals surface area contributed by atoms with Gasteiger partial charge in [0.2, 0.25) is 0 Å². The number of thiophene rings is 1. The van der Waals surface area contributed by atoms with Crippen LogP contribution in [0.4, 0.5) is 0 Å². The quantitative estimate of drug-likeness (QED) is 0.638. The summed E-state index contributed by atoms with van der Waals surface area (Å²) in [6.07, 6.45) is 5.76. The molecule has 2 aromatic rings. The monoisotopic (exact) mass is 268 g/mol. The average Bonchev–Trinajstić information content (AvgIpc) is 2.52. The van der Waals surface area contributed by atoms with Gasteiger partial charge < -0.3 is 4.98 Å². The van der Waals surface area contributed by atoms with Gasteiger partial charge in [-0.1, -0.05) is 6.42 Å². The molecule has 3 rings (SSSR count). The zero-order valence-corrected chi connectivity index (χ0v) is 11.0. The third-order valence-corrected chi connectivity index (χ3v) is 4.69. The molecule has 0 radical (unpaired) electrons. The third kappa shape index (κ3) is 1.89. The van der Waals surface area contributed by atoms with E-state index in [0.29, 0.717) is 5.82 Å². The summed E-state index contributed by atoms with van der Waals surface area (Å²) in [5.41, 5.74) is 1.21. The van der Waals surface area contributed by atoms with Gasteiger partial charge in [0.15, 0.2) is 0 Å². The SMILES string of the molecule is O=c1[nH]c(CCl)nc2sc3c(c12)CCCCC3. The van der Waals surface area contributed by atoms with Crippen LogP contribution in [0.5, 0.6) is 0 Å². The van der Waals surface area contributed by atoms with Crippen LogP contribution >= 0.6 is 22.9 Å². The van der Waals surface area contributed by atoms with Crippen LogP contribution in [0.25, 0.3) is 10.2 Å². The number of rotatable bonds is 1. The van der Waals surface area contributed by atoms with Gasteiger partial charge in [0.1, 0.15) is 10.7 Å². The molecule has 0 unspecified atom stereocenters. The van der Waals surface area contributed by atoms with Crippen LogP contribution in [0.2, 0.25) is 0 Å². The van der Waals surface area contributed by atoms with Crippen LogP contribution in [-0.4, -0.2) is 9.97 Å². The van der Waals surface area contributed by atoms with Crippen molar-refractivity contribution >= 4 is 33.2 Å². The van der Waals surface area contributed by atoms with Crippen molar-refractivity contribution in [3.8, 4) is 0 Å². The Bertz CT molecular complexity index is 617. The van der Waals surface area contributed by atoms with Crippen molar-refractivity contribution in [1.82, 2.24) is 9.97 Å². The van der Waals surface area contributed by atoms with Crippen molar-refractivity contribution in [3.05, 3.63) is 26.6 Å². The number of aryl methyl sites for hydroxylation is 2. The zero-order valence-electron chi connectivity index (χ0n) is 9.38. The lowest BCUT2D eigenvalue weighted by Crippen LogP contribution is -2.11. The Labute approximate surface area is 108 Å². The Hall–Kier alpha value is -0.870. The molecule has 0 aliphatic heterocycles. The Morgan fingerprint density at radius 3 is 2.94 bits per heavy atom. The molecule has 0 saturated heterocycles. The van der Waals surface area contributed by atoms with Crippen molar-refractivity contribution in [2.75, 3.05) is 0 Å². The second-order valence-corrected chi connectivity index (χ2v) is 5.74. The first-order chi connectivity index (χ1) is 8.29. The summed E-state index contributed by atoms with van der Waals surface area (Å²) in [6.45, 7) is 0. The van der Waals surface area contributed by atoms with Gasteiger partial charge in [-0.15, -0.1) is 22.9 Å². The first-order valence-electron chi connectivity index (χ1n) is 5.89. The highest BCUT2D eigenvalue weighted by molar-refractivity contribution is 7.18. The standard InChI is InChI=1S/C12H13ClN2OS/c13-6-9-14-11(16)10-7-4-2-1-3-5-8(7)17-12(10)15-9/h1-6H2,(H,14,15,16). The number of aromatic nitrogens is 2. The topological polar surface area (TPSA) is 45.8 Å². The number of H-pyrrole nitrogens is 1. The molecule has 3 nitrogen and oxygen atoms in total. The maximum Gasteiger partial charge on any atom is 0.259 e. The van der Waals surface area contributed by atoms with Crippen molar-refractivity contribution in [2.45, 2.75) is 38.0 Å². The van der Waals surface area contributed by atoms with E-state index in [2.05, 4.69) is 9.97 Å². The molecule has 0 fully saturated rings. The molecule has 17 heavy (non-hydrogen) atoms. The Kier molecular flexibility index (Phi) is 2.92. The maximum atomic E-state index is 12.1. The number of halogens is 1.